The Kier molecular flexibility index (Phi) is 10.9. The minimum Gasteiger partial charge on any atom is -0.488 e. The van der Waals surface area contributed by atoms with E-state index >= 15 is 0 Å². The lowest BCUT2D eigenvalue weighted by atomic mass is 9.82. The highest BCUT2D eigenvalue weighted by Crippen LogP contribution is 2.38. The van der Waals surface area contributed by atoms with Crippen LogP contribution in [0.3, 0.4) is 0 Å². The number of hydrogen-bond acceptors (Lipinski definition) is 5. The smallest absolute Gasteiger partial charge is 0.303 e. The van der Waals surface area contributed by atoms with Crippen LogP contribution in [0.5, 0.6) is 5.75 Å². The summed E-state index contributed by atoms with van der Waals surface area (Å²) in [6.45, 7) is 0.753. The van der Waals surface area contributed by atoms with Gasteiger partial charge in [-0.15, -0.1) is 0 Å². The number of benzene rings is 3. The third kappa shape index (κ3) is 8.18. The zero-order valence-corrected chi connectivity index (χ0v) is 27.5. The summed E-state index contributed by atoms with van der Waals surface area (Å²) in [5, 5.41) is 12.6. The van der Waals surface area contributed by atoms with E-state index in [0.29, 0.717) is 43.0 Å². The normalized spacial score (nSPS) is 18.6. The summed E-state index contributed by atoms with van der Waals surface area (Å²) in [6.07, 6.45) is 3.26. The Bertz CT molecular complexity index is 1780. The predicted octanol–water partition coefficient (Wildman–Crippen LogP) is 6.03. The zero-order valence-electron chi connectivity index (χ0n) is 27.5. The number of aliphatic carboxylic acids is 1. The van der Waals surface area contributed by atoms with Gasteiger partial charge in [0.1, 0.15) is 5.82 Å². The summed E-state index contributed by atoms with van der Waals surface area (Å²) in [5.41, 5.74) is 3.58. The molecule has 3 aromatic carbocycles. The minimum atomic E-state index is -1.36. The number of fused-ring (bicyclic) bond motifs is 2. The third-order valence-electron chi connectivity index (χ3n) is 9.48. The van der Waals surface area contributed by atoms with Gasteiger partial charge in [-0.3, -0.25) is 14.4 Å². The average molecular weight is 694 g/mol. The van der Waals surface area contributed by atoms with Crippen LogP contribution in [-0.4, -0.2) is 70.5 Å². The highest BCUT2D eigenvalue weighted by atomic mass is 19.2. The van der Waals surface area contributed by atoms with Crippen LogP contribution < -0.4 is 10.1 Å². The van der Waals surface area contributed by atoms with Gasteiger partial charge in [-0.25, -0.2) is 13.2 Å². The predicted molar refractivity (Wildman–Crippen MR) is 177 cm³/mol. The van der Waals surface area contributed by atoms with Gasteiger partial charge in [-0.1, -0.05) is 42.5 Å². The summed E-state index contributed by atoms with van der Waals surface area (Å²) in [6, 6.07) is 15.0. The maximum Gasteiger partial charge on any atom is 0.303 e. The van der Waals surface area contributed by atoms with Gasteiger partial charge in [0.2, 0.25) is 11.7 Å². The van der Waals surface area contributed by atoms with Crippen LogP contribution in [0.25, 0.3) is 5.57 Å². The molecule has 2 atom stereocenters. The number of hydrogen-bond donors (Lipinski definition) is 2. The zero-order chi connectivity index (χ0) is 35.4. The van der Waals surface area contributed by atoms with E-state index in [0.717, 1.165) is 35.6 Å². The molecule has 2 aliphatic heterocycles. The fraction of sp³-hybridized carbons (Fsp3) is 0.395. The molecule has 2 heterocycles. The molecule has 0 spiro atoms. The van der Waals surface area contributed by atoms with E-state index in [2.05, 4.69) is 5.32 Å². The maximum atomic E-state index is 14.8. The quantitative estimate of drug-likeness (QED) is 0.122. The van der Waals surface area contributed by atoms with Crippen molar-refractivity contribution in [3.05, 3.63) is 106 Å². The van der Waals surface area contributed by atoms with Crippen molar-refractivity contribution >= 4 is 23.4 Å². The molecule has 1 saturated heterocycles. The molecular formula is C38H39F4N3O5. The molecule has 2 bridgehead atoms. The highest BCUT2D eigenvalue weighted by Gasteiger charge is 2.43. The molecule has 3 aromatic rings. The van der Waals surface area contributed by atoms with Crippen molar-refractivity contribution in [3.63, 3.8) is 0 Å². The molecule has 2 N–H and O–H groups in total. The van der Waals surface area contributed by atoms with E-state index < -0.39 is 35.2 Å². The van der Waals surface area contributed by atoms with Gasteiger partial charge in [0, 0.05) is 55.7 Å². The molecule has 264 valence electrons. The van der Waals surface area contributed by atoms with Crippen LogP contribution in [0.15, 0.2) is 66.2 Å². The van der Waals surface area contributed by atoms with Crippen molar-refractivity contribution in [2.24, 2.45) is 0 Å². The summed E-state index contributed by atoms with van der Waals surface area (Å²) < 4.78 is 61.3. The standard InChI is InChI=1S/C38H39F4N3O5/c39-29-7-2-1-6-25(29)20-45(27-14-15-27)38(49)35-28(19-26-21-44(22-32(35)43-26)33(46)8-3-9-34(47)48)24-12-10-23(11-13-24)5-4-18-50-37-31(41)17-16-30(40)36(37)42/h1-2,6-7,10-13,16-17,26-27,32,43H,3-5,8-9,14-15,18-22H2,(H,47,48). The fourth-order valence-electron chi connectivity index (χ4n) is 6.80. The second kappa shape index (κ2) is 15.5. The van der Waals surface area contributed by atoms with Gasteiger partial charge in [-0.2, -0.15) is 4.39 Å². The number of nitrogens with zero attached hydrogens (tertiary/aromatic N) is 2. The number of piperazine rings is 1. The van der Waals surface area contributed by atoms with Crippen LogP contribution in [0, 0.1) is 23.3 Å². The van der Waals surface area contributed by atoms with Gasteiger partial charge in [0.25, 0.3) is 5.91 Å². The SMILES string of the molecule is O=C(O)CCCC(=O)N1CC2CC(c3ccc(CCCOc4c(F)ccc(F)c4F)cc3)=C(C(=O)N(Cc3ccccc3F)C3CC3)C(C1)N2. The van der Waals surface area contributed by atoms with Crippen molar-refractivity contribution in [3.8, 4) is 5.75 Å². The summed E-state index contributed by atoms with van der Waals surface area (Å²) in [4.78, 5) is 42.2. The van der Waals surface area contributed by atoms with Gasteiger partial charge < -0.3 is 25.0 Å². The summed E-state index contributed by atoms with van der Waals surface area (Å²) >= 11 is 0. The number of rotatable bonds is 14. The van der Waals surface area contributed by atoms with Crippen molar-refractivity contribution in [2.75, 3.05) is 19.7 Å². The van der Waals surface area contributed by atoms with Crippen LogP contribution in [0.2, 0.25) is 0 Å². The lowest BCUT2D eigenvalue weighted by molar-refractivity contribution is -0.138. The Labute approximate surface area is 287 Å². The van der Waals surface area contributed by atoms with Gasteiger partial charge >= 0.3 is 5.97 Å². The first-order valence-electron chi connectivity index (χ1n) is 17.0. The van der Waals surface area contributed by atoms with E-state index in [-0.39, 0.29) is 68.7 Å². The average Bonchev–Trinajstić information content (AvgIpc) is 3.94. The van der Waals surface area contributed by atoms with Crippen LogP contribution in [-0.2, 0) is 27.3 Å². The number of nitrogens with one attached hydrogen (secondary N) is 1. The van der Waals surface area contributed by atoms with Crippen LogP contribution >= 0.6 is 0 Å². The molecule has 2 unspecified atom stereocenters. The van der Waals surface area contributed by atoms with Crippen molar-refractivity contribution in [1.82, 2.24) is 15.1 Å². The van der Waals surface area contributed by atoms with Crippen molar-refractivity contribution < 1.29 is 41.8 Å². The molecule has 12 heteroatoms. The molecular weight excluding hydrogens is 654 g/mol. The number of carbonyl (C=O) groups excluding carboxylic acids is 2. The lowest BCUT2D eigenvalue weighted by Crippen LogP contribution is -2.62. The molecule has 8 nitrogen and oxygen atoms in total. The summed E-state index contributed by atoms with van der Waals surface area (Å²) in [5.74, 6) is -5.97. The number of carboxylic acid groups (broad SMARTS) is 1. The molecule has 1 saturated carbocycles. The van der Waals surface area contributed by atoms with Gasteiger partial charge in [-0.05, 0) is 73.4 Å². The Hall–Kier alpha value is -4.71. The Morgan fingerprint density at radius 1 is 0.880 bits per heavy atom. The number of carboxylic acids is 1. The van der Waals surface area contributed by atoms with Crippen LogP contribution in [0.1, 0.15) is 61.6 Å². The number of amides is 2. The number of aryl methyl sites for hydroxylation is 1. The lowest BCUT2D eigenvalue weighted by Gasteiger charge is -2.45. The highest BCUT2D eigenvalue weighted by molar-refractivity contribution is 6.03. The second-order valence-electron chi connectivity index (χ2n) is 13.1. The number of ether oxygens (including phenoxy) is 1. The first-order valence-corrected chi connectivity index (χ1v) is 17.0. The number of halogens is 4. The molecule has 50 heavy (non-hydrogen) atoms. The second-order valence-corrected chi connectivity index (χ2v) is 13.1. The molecule has 6 rings (SSSR count). The molecule has 2 amide bonds. The largest absolute Gasteiger partial charge is 0.488 e. The van der Waals surface area contributed by atoms with E-state index in [4.69, 9.17) is 9.84 Å². The topological polar surface area (TPSA) is 99.2 Å². The van der Waals surface area contributed by atoms with Gasteiger partial charge in [0.15, 0.2) is 17.4 Å². The first-order chi connectivity index (χ1) is 24.1. The minimum absolute atomic E-state index is 0.0233. The van der Waals surface area contributed by atoms with Gasteiger partial charge in [0.05, 0.1) is 12.6 Å². The summed E-state index contributed by atoms with van der Waals surface area (Å²) in [7, 11) is 0. The molecule has 0 aromatic heterocycles. The Morgan fingerprint density at radius 3 is 2.34 bits per heavy atom. The van der Waals surface area contributed by atoms with E-state index in [1.165, 1.54) is 6.07 Å². The first kappa shape index (κ1) is 35.1. The number of carbonyl (C=O) groups is 3. The molecule has 3 aliphatic rings. The fourth-order valence-corrected chi connectivity index (χ4v) is 6.80. The maximum absolute atomic E-state index is 14.8. The van der Waals surface area contributed by atoms with Crippen molar-refractivity contribution in [2.45, 2.75) is 76.0 Å². The van der Waals surface area contributed by atoms with Crippen molar-refractivity contribution in [1.29, 1.82) is 0 Å². The van der Waals surface area contributed by atoms with E-state index in [1.807, 2.05) is 24.3 Å². The van der Waals surface area contributed by atoms with E-state index in [1.54, 1.807) is 28.0 Å². The molecule has 2 fully saturated rings. The Balaban J connectivity index is 1.22. The Morgan fingerprint density at radius 2 is 1.62 bits per heavy atom. The van der Waals surface area contributed by atoms with Crippen LogP contribution in [0.4, 0.5) is 17.6 Å². The molecule has 0 radical (unpaired) electrons. The third-order valence-corrected chi connectivity index (χ3v) is 9.48. The monoisotopic (exact) mass is 693 g/mol. The molecule has 1 aliphatic carbocycles. The van der Waals surface area contributed by atoms with E-state index in [9.17, 15) is 31.9 Å².